The maximum atomic E-state index is 12.9. The third-order valence-corrected chi connectivity index (χ3v) is 1.78. The second-order valence-corrected chi connectivity index (χ2v) is 3.22. The highest BCUT2D eigenvalue weighted by Gasteiger charge is 2.28. The van der Waals surface area contributed by atoms with Crippen LogP contribution in [0.2, 0.25) is 0 Å². The molecule has 1 N–H and O–H groups in total. The molecule has 0 heterocycles. The zero-order valence-corrected chi connectivity index (χ0v) is 8.16. The third-order valence-electron chi connectivity index (χ3n) is 1.78. The molecule has 0 amide bonds. The number of carboxylic acid groups (broad SMARTS) is 1. The third kappa shape index (κ3) is 4.16. The number of aliphatic carboxylic acids is 1. The van der Waals surface area contributed by atoms with Gasteiger partial charge in [-0.3, -0.25) is 4.79 Å². The minimum absolute atomic E-state index is 0.381. The zero-order chi connectivity index (χ0) is 12.2. The van der Waals surface area contributed by atoms with Gasteiger partial charge in [0, 0.05) is 0 Å². The Morgan fingerprint density at radius 3 is 2.38 bits per heavy atom. The fourth-order valence-corrected chi connectivity index (χ4v) is 1.05. The molecule has 0 bridgehead atoms. The first-order valence-corrected chi connectivity index (χ1v) is 4.43. The van der Waals surface area contributed by atoms with Crippen molar-refractivity contribution in [1.82, 2.24) is 0 Å². The highest BCUT2D eigenvalue weighted by molar-refractivity contribution is 5.68. The quantitative estimate of drug-likeness (QED) is 0.863. The molecule has 1 aromatic carbocycles. The summed E-state index contributed by atoms with van der Waals surface area (Å²) in [5, 5.41) is 8.22. The summed E-state index contributed by atoms with van der Waals surface area (Å²) in [6.07, 6.45) is 0.293. The molecule has 86 valence electrons. The van der Waals surface area contributed by atoms with Crippen LogP contribution in [0.5, 0.6) is 0 Å². The molecule has 1 rings (SSSR count). The number of halogens is 3. The summed E-state index contributed by atoms with van der Waals surface area (Å²) in [6.45, 7) is 0. The Hall–Kier alpha value is -1.78. The van der Waals surface area contributed by atoms with Crippen LogP contribution in [-0.2, 0) is 4.79 Å². The van der Waals surface area contributed by atoms with Crippen LogP contribution >= 0.6 is 0 Å². The Kier molecular flexibility index (Phi) is 3.71. The van der Waals surface area contributed by atoms with Gasteiger partial charge in [-0.1, -0.05) is 18.2 Å². The summed E-state index contributed by atoms with van der Waals surface area (Å²) in [6, 6.07) is 4.91. The molecule has 0 aliphatic heterocycles. The van der Waals surface area contributed by atoms with Crippen molar-refractivity contribution in [3.63, 3.8) is 0 Å². The second kappa shape index (κ2) is 4.83. The van der Waals surface area contributed by atoms with E-state index in [4.69, 9.17) is 5.11 Å². The lowest BCUT2D eigenvalue weighted by Gasteiger charge is -2.07. The molecule has 0 aromatic heterocycles. The number of carbonyl (C=O) groups is 1. The van der Waals surface area contributed by atoms with E-state index in [9.17, 15) is 18.0 Å². The van der Waals surface area contributed by atoms with Gasteiger partial charge in [0.1, 0.15) is 12.2 Å². The SMILES string of the molecule is O=C(O)CC(F)(F)/C=C/c1ccc(F)cc1. The summed E-state index contributed by atoms with van der Waals surface area (Å²) >= 11 is 0. The second-order valence-electron chi connectivity index (χ2n) is 3.22. The zero-order valence-electron chi connectivity index (χ0n) is 8.16. The molecule has 0 atom stereocenters. The lowest BCUT2D eigenvalue weighted by Crippen LogP contribution is -2.17. The van der Waals surface area contributed by atoms with Crippen LogP contribution in [0.3, 0.4) is 0 Å². The molecule has 0 aliphatic carbocycles. The predicted octanol–water partition coefficient (Wildman–Crippen LogP) is 2.95. The Morgan fingerprint density at radius 2 is 1.88 bits per heavy atom. The Morgan fingerprint density at radius 1 is 1.31 bits per heavy atom. The summed E-state index contributed by atoms with van der Waals surface area (Å²) < 4.78 is 38.3. The van der Waals surface area contributed by atoms with E-state index >= 15 is 0 Å². The molecule has 0 fully saturated rings. The van der Waals surface area contributed by atoms with Crippen LogP contribution in [-0.4, -0.2) is 17.0 Å². The summed E-state index contributed by atoms with van der Waals surface area (Å²) in [7, 11) is 0. The van der Waals surface area contributed by atoms with Crippen LogP contribution in [0.4, 0.5) is 13.2 Å². The van der Waals surface area contributed by atoms with E-state index in [-0.39, 0.29) is 0 Å². The fraction of sp³-hybridized carbons (Fsp3) is 0.182. The molecule has 0 saturated heterocycles. The lowest BCUT2D eigenvalue weighted by molar-refractivity contribution is -0.142. The maximum Gasteiger partial charge on any atom is 0.309 e. The highest BCUT2D eigenvalue weighted by atomic mass is 19.3. The fourth-order valence-electron chi connectivity index (χ4n) is 1.05. The van der Waals surface area contributed by atoms with Crippen molar-refractivity contribution in [2.24, 2.45) is 0 Å². The van der Waals surface area contributed by atoms with Crippen molar-refractivity contribution >= 4 is 12.0 Å². The Balaban J connectivity index is 2.72. The first-order valence-electron chi connectivity index (χ1n) is 4.43. The standard InChI is InChI=1S/C11H9F3O2/c12-9-3-1-8(2-4-9)5-6-11(13,14)7-10(15)16/h1-6H,7H2,(H,15,16)/b6-5+. The number of allylic oxidation sites excluding steroid dienone is 1. The van der Waals surface area contributed by atoms with Crippen LogP contribution < -0.4 is 0 Å². The molecule has 1 aromatic rings. The summed E-state index contributed by atoms with van der Waals surface area (Å²) in [5.41, 5.74) is 0.381. The summed E-state index contributed by atoms with van der Waals surface area (Å²) in [5.74, 6) is -5.44. The summed E-state index contributed by atoms with van der Waals surface area (Å²) in [4.78, 5) is 10.1. The molecular weight excluding hydrogens is 221 g/mol. The van der Waals surface area contributed by atoms with Gasteiger partial charge < -0.3 is 5.11 Å². The van der Waals surface area contributed by atoms with Crippen molar-refractivity contribution in [3.05, 3.63) is 41.7 Å². The highest BCUT2D eigenvalue weighted by Crippen LogP contribution is 2.21. The van der Waals surface area contributed by atoms with E-state index in [0.717, 1.165) is 18.2 Å². The monoisotopic (exact) mass is 230 g/mol. The first-order chi connectivity index (χ1) is 7.39. The largest absolute Gasteiger partial charge is 0.481 e. The van der Waals surface area contributed by atoms with E-state index in [2.05, 4.69) is 0 Å². The molecule has 16 heavy (non-hydrogen) atoms. The van der Waals surface area contributed by atoms with Crippen molar-refractivity contribution in [2.75, 3.05) is 0 Å². The van der Waals surface area contributed by atoms with E-state index in [1.54, 1.807) is 0 Å². The van der Waals surface area contributed by atoms with E-state index in [1.165, 1.54) is 12.1 Å². The Labute approximate surface area is 90.0 Å². The topological polar surface area (TPSA) is 37.3 Å². The predicted molar refractivity (Wildman–Crippen MR) is 52.6 cm³/mol. The van der Waals surface area contributed by atoms with Gasteiger partial charge in [-0.15, -0.1) is 0 Å². The van der Waals surface area contributed by atoms with Gasteiger partial charge in [0.25, 0.3) is 5.92 Å². The van der Waals surface area contributed by atoms with Crippen LogP contribution in [0.25, 0.3) is 6.08 Å². The molecular formula is C11H9F3O2. The van der Waals surface area contributed by atoms with Crippen LogP contribution in [0, 0.1) is 5.82 Å². The molecule has 0 saturated carbocycles. The lowest BCUT2D eigenvalue weighted by atomic mass is 10.1. The Bertz CT molecular complexity index is 396. The van der Waals surface area contributed by atoms with Crippen molar-refractivity contribution < 1.29 is 23.1 Å². The van der Waals surface area contributed by atoms with Crippen molar-refractivity contribution in [2.45, 2.75) is 12.3 Å². The van der Waals surface area contributed by atoms with Gasteiger partial charge in [0.05, 0.1) is 0 Å². The minimum atomic E-state index is -3.40. The first kappa shape index (κ1) is 12.3. The average molecular weight is 230 g/mol. The van der Waals surface area contributed by atoms with Crippen molar-refractivity contribution in [1.29, 1.82) is 0 Å². The molecule has 0 aliphatic rings. The van der Waals surface area contributed by atoms with Crippen LogP contribution in [0.15, 0.2) is 30.3 Å². The molecule has 0 unspecified atom stereocenters. The smallest absolute Gasteiger partial charge is 0.309 e. The maximum absolute atomic E-state index is 12.9. The van der Waals surface area contributed by atoms with E-state index in [1.807, 2.05) is 0 Å². The number of alkyl halides is 2. The van der Waals surface area contributed by atoms with Gasteiger partial charge in [-0.25, -0.2) is 13.2 Å². The van der Waals surface area contributed by atoms with Gasteiger partial charge in [0.2, 0.25) is 0 Å². The number of benzene rings is 1. The van der Waals surface area contributed by atoms with Crippen LogP contribution in [0.1, 0.15) is 12.0 Å². The molecule has 0 radical (unpaired) electrons. The van der Waals surface area contributed by atoms with Gasteiger partial charge in [-0.2, -0.15) is 0 Å². The van der Waals surface area contributed by atoms with Gasteiger partial charge in [0.15, 0.2) is 0 Å². The number of rotatable bonds is 4. The minimum Gasteiger partial charge on any atom is -0.481 e. The average Bonchev–Trinajstić information content (AvgIpc) is 2.15. The van der Waals surface area contributed by atoms with E-state index < -0.39 is 24.1 Å². The molecule has 0 spiro atoms. The van der Waals surface area contributed by atoms with Gasteiger partial charge in [-0.05, 0) is 23.8 Å². The molecule has 2 nitrogen and oxygen atoms in total. The van der Waals surface area contributed by atoms with E-state index in [0.29, 0.717) is 11.6 Å². The van der Waals surface area contributed by atoms with Crippen molar-refractivity contribution in [3.8, 4) is 0 Å². The molecule has 5 heteroatoms. The normalized spacial score (nSPS) is 11.9. The number of carboxylic acids is 1. The number of hydrogen-bond acceptors (Lipinski definition) is 1. The van der Waals surface area contributed by atoms with Gasteiger partial charge >= 0.3 is 5.97 Å². The number of hydrogen-bond donors (Lipinski definition) is 1.